The minimum atomic E-state index is -0.609. The monoisotopic (exact) mass is 253 g/mol. The Balaban J connectivity index is 1.66. The molecule has 0 spiro atoms. The molecule has 1 aromatic rings. The van der Waals surface area contributed by atoms with E-state index in [2.05, 4.69) is 12.2 Å². The Bertz CT molecular complexity index is 386. The summed E-state index contributed by atoms with van der Waals surface area (Å²) in [6.07, 6.45) is 1.76. The SMILES string of the molecule is CCC1CC1NCC(O)COc1ccccc1F. The van der Waals surface area contributed by atoms with Crippen LogP contribution in [0, 0.1) is 11.7 Å². The molecule has 3 nitrogen and oxygen atoms in total. The van der Waals surface area contributed by atoms with E-state index < -0.39 is 11.9 Å². The maximum absolute atomic E-state index is 13.2. The summed E-state index contributed by atoms with van der Waals surface area (Å²) in [6.45, 7) is 2.77. The van der Waals surface area contributed by atoms with Crippen LogP contribution in [0.3, 0.4) is 0 Å². The Morgan fingerprint density at radius 3 is 2.94 bits per heavy atom. The minimum Gasteiger partial charge on any atom is -0.488 e. The third-order valence-electron chi connectivity index (χ3n) is 3.33. The van der Waals surface area contributed by atoms with Crippen molar-refractivity contribution in [3.05, 3.63) is 30.1 Å². The molecule has 0 saturated heterocycles. The number of aliphatic hydroxyl groups is 1. The van der Waals surface area contributed by atoms with Gasteiger partial charge in [-0.15, -0.1) is 0 Å². The van der Waals surface area contributed by atoms with E-state index in [1.54, 1.807) is 18.2 Å². The lowest BCUT2D eigenvalue weighted by Crippen LogP contribution is -2.33. The van der Waals surface area contributed by atoms with Gasteiger partial charge >= 0.3 is 0 Å². The normalized spacial score (nSPS) is 23.7. The lowest BCUT2D eigenvalue weighted by atomic mass is 10.3. The lowest BCUT2D eigenvalue weighted by molar-refractivity contribution is 0.103. The molecule has 1 saturated carbocycles. The Morgan fingerprint density at radius 1 is 1.50 bits per heavy atom. The molecule has 0 aromatic heterocycles. The van der Waals surface area contributed by atoms with Crippen molar-refractivity contribution in [2.45, 2.75) is 31.9 Å². The third-order valence-corrected chi connectivity index (χ3v) is 3.33. The van der Waals surface area contributed by atoms with Crippen LogP contribution in [0.25, 0.3) is 0 Å². The number of benzene rings is 1. The van der Waals surface area contributed by atoms with Gasteiger partial charge in [-0.2, -0.15) is 0 Å². The van der Waals surface area contributed by atoms with Crippen LogP contribution < -0.4 is 10.1 Å². The molecule has 100 valence electrons. The van der Waals surface area contributed by atoms with Crippen molar-refractivity contribution in [2.75, 3.05) is 13.2 Å². The molecule has 3 atom stereocenters. The van der Waals surface area contributed by atoms with Gasteiger partial charge in [0.2, 0.25) is 0 Å². The van der Waals surface area contributed by atoms with Crippen LogP contribution in [0.1, 0.15) is 19.8 Å². The summed E-state index contributed by atoms with van der Waals surface area (Å²) >= 11 is 0. The fraction of sp³-hybridized carbons (Fsp3) is 0.571. The molecule has 0 radical (unpaired) electrons. The van der Waals surface area contributed by atoms with Crippen molar-refractivity contribution in [1.29, 1.82) is 0 Å². The van der Waals surface area contributed by atoms with Gasteiger partial charge in [0, 0.05) is 12.6 Å². The largest absolute Gasteiger partial charge is 0.488 e. The van der Waals surface area contributed by atoms with Crippen molar-refractivity contribution in [1.82, 2.24) is 5.32 Å². The molecule has 1 aromatic carbocycles. The quantitative estimate of drug-likeness (QED) is 0.780. The fourth-order valence-corrected chi connectivity index (χ4v) is 2.04. The van der Waals surface area contributed by atoms with Crippen molar-refractivity contribution in [3.8, 4) is 5.75 Å². The predicted octanol–water partition coefficient (Wildman–Crippen LogP) is 1.95. The van der Waals surface area contributed by atoms with Crippen LogP contribution >= 0.6 is 0 Å². The van der Waals surface area contributed by atoms with Crippen LogP contribution in [0.4, 0.5) is 4.39 Å². The average Bonchev–Trinajstić information content (AvgIpc) is 3.14. The van der Waals surface area contributed by atoms with E-state index in [4.69, 9.17) is 4.74 Å². The summed E-state index contributed by atoms with van der Waals surface area (Å²) in [5, 5.41) is 13.0. The fourth-order valence-electron chi connectivity index (χ4n) is 2.04. The number of rotatable bonds is 7. The third kappa shape index (κ3) is 3.68. The zero-order valence-corrected chi connectivity index (χ0v) is 10.6. The molecule has 18 heavy (non-hydrogen) atoms. The van der Waals surface area contributed by atoms with E-state index in [0.717, 1.165) is 5.92 Å². The van der Waals surface area contributed by atoms with Gasteiger partial charge < -0.3 is 15.2 Å². The molecule has 3 unspecified atom stereocenters. The highest BCUT2D eigenvalue weighted by molar-refractivity contribution is 5.23. The second-order valence-corrected chi connectivity index (χ2v) is 4.81. The molecule has 1 aliphatic rings. The number of hydrogen-bond acceptors (Lipinski definition) is 3. The van der Waals surface area contributed by atoms with E-state index in [1.807, 2.05) is 0 Å². The first-order chi connectivity index (χ1) is 8.70. The average molecular weight is 253 g/mol. The molecule has 0 amide bonds. The first-order valence-electron chi connectivity index (χ1n) is 6.49. The Morgan fingerprint density at radius 2 is 2.28 bits per heavy atom. The van der Waals surface area contributed by atoms with E-state index >= 15 is 0 Å². The van der Waals surface area contributed by atoms with E-state index in [-0.39, 0.29) is 12.4 Å². The molecular formula is C14H20FNO2. The molecular weight excluding hydrogens is 233 g/mol. The van der Waals surface area contributed by atoms with E-state index in [1.165, 1.54) is 18.9 Å². The van der Waals surface area contributed by atoms with Gasteiger partial charge in [0.15, 0.2) is 11.6 Å². The number of halogens is 1. The van der Waals surface area contributed by atoms with Gasteiger partial charge in [-0.05, 0) is 24.5 Å². The topological polar surface area (TPSA) is 41.5 Å². The highest BCUT2D eigenvalue weighted by atomic mass is 19.1. The molecule has 2 rings (SSSR count). The van der Waals surface area contributed by atoms with E-state index in [9.17, 15) is 9.50 Å². The van der Waals surface area contributed by atoms with Crippen LogP contribution in [-0.2, 0) is 0 Å². The van der Waals surface area contributed by atoms with Gasteiger partial charge in [0.25, 0.3) is 0 Å². The smallest absolute Gasteiger partial charge is 0.165 e. The molecule has 0 heterocycles. The van der Waals surface area contributed by atoms with Gasteiger partial charge in [-0.1, -0.05) is 25.5 Å². The summed E-state index contributed by atoms with van der Waals surface area (Å²) in [6, 6.07) is 6.76. The highest BCUT2D eigenvalue weighted by Crippen LogP contribution is 2.32. The van der Waals surface area contributed by atoms with Gasteiger partial charge in [-0.3, -0.25) is 0 Å². The zero-order chi connectivity index (χ0) is 13.0. The van der Waals surface area contributed by atoms with Crippen LogP contribution in [0.2, 0.25) is 0 Å². The predicted molar refractivity (Wildman–Crippen MR) is 68.1 cm³/mol. The number of aliphatic hydroxyl groups excluding tert-OH is 1. The van der Waals surface area contributed by atoms with Crippen molar-refractivity contribution >= 4 is 0 Å². The molecule has 2 N–H and O–H groups in total. The maximum Gasteiger partial charge on any atom is 0.165 e. The Kier molecular flexibility index (Phi) is 4.55. The van der Waals surface area contributed by atoms with Crippen LogP contribution in [-0.4, -0.2) is 30.4 Å². The maximum atomic E-state index is 13.2. The summed E-state index contributed by atoms with van der Waals surface area (Å²) in [7, 11) is 0. The van der Waals surface area contributed by atoms with Crippen molar-refractivity contribution in [2.24, 2.45) is 5.92 Å². The van der Waals surface area contributed by atoms with Crippen molar-refractivity contribution < 1.29 is 14.2 Å². The van der Waals surface area contributed by atoms with Crippen LogP contribution in [0.15, 0.2) is 24.3 Å². The lowest BCUT2D eigenvalue weighted by Gasteiger charge is -2.13. The van der Waals surface area contributed by atoms with Gasteiger partial charge in [-0.25, -0.2) is 4.39 Å². The molecule has 1 aliphatic carbocycles. The molecule has 0 aliphatic heterocycles. The first kappa shape index (κ1) is 13.3. The zero-order valence-electron chi connectivity index (χ0n) is 10.6. The Labute approximate surface area is 107 Å². The van der Waals surface area contributed by atoms with Crippen molar-refractivity contribution in [3.63, 3.8) is 0 Å². The summed E-state index contributed by atoms with van der Waals surface area (Å²) in [5.74, 6) is 0.546. The number of ether oxygens (including phenoxy) is 1. The van der Waals surface area contributed by atoms with Crippen LogP contribution in [0.5, 0.6) is 5.75 Å². The molecule has 4 heteroatoms. The summed E-state index contributed by atoms with van der Waals surface area (Å²) < 4.78 is 18.5. The summed E-state index contributed by atoms with van der Waals surface area (Å²) in [5.41, 5.74) is 0. The number of nitrogens with one attached hydrogen (secondary N) is 1. The highest BCUT2D eigenvalue weighted by Gasteiger charge is 2.34. The summed E-state index contributed by atoms with van der Waals surface area (Å²) in [4.78, 5) is 0. The van der Waals surface area contributed by atoms with E-state index in [0.29, 0.717) is 12.6 Å². The standard InChI is InChI=1S/C14H20FNO2/c1-2-10-7-13(10)16-8-11(17)9-18-14-6-4-3-5-12(14)15/h3-6,10-11,13,16-17H,2,7-9H2,1H3. The minimum absolute atomic E-state index is 0.109. The Hall–Kier alpha value is -1.13. The second-order valence-electron chi connectivity index (χ2n) is 4.81. The first-order valence-corrected chi connectivity index (χ1v) is 6.49. The molecule has 0 bridgehead atoms. The number of para-hydroxylation sites is 1. The van der Waals surface area contributed by atoms with Gasteiger partial charge in [0.1, 0.15) is 12.7 Å². The second kappa shape index (κ2) is 6.16. The number of hydrogen-bond donors (Lipinski definition) is 2. The van der Waals surface area contributed by atoms with Gasteiger partial charge in [0.05, 0.1) is 0 Å². The molecule has 1 fully saturated rings.